The highest BCUT2D eigenvalue weighted by Crippen LogP contribution is 2.17. The number of carbonyl (C=O) groups is 3. The van der Waals surface area contributed by atoms with Gasteiger partial charge in [0.1, 0.15) is 0 Å². The van der Waals surface area contributed by atoms with Crippen molar-refractivity contribution in [2.45, 2.75) is 24.9 Å². The molecule has 6 nitrogen and oxygen atoms in total. The van der Waals surface area contributed by atoms with Crippen LogP contribution in [0.2, 0.25) is 0 Å². The van der Waals surface area contributed by atoms with Crippen LogP contribution in [0.15, 0.2) is 24.3 Å². The van der Waals surface area contributed by atoms with Crippen molar-refractivity contribution in [1.82, 2.24) is 0 Å². The van der Waals surface area contributed by atoms with E-state index in [0.717, 1.165) is 13.8 Å². The predicted octanol–water partition coefficient (Wildman–Crippen LogP) is 0.846. The smallest absolute Gasteiger partial charge is 0.335 e. The summed E-state index contributed by atoms with van der Waals surface area (Å²) in [6.45, 7) is 2.04. The van der Waals surface area contributed by atoms with Crippen LogP contribution in [0, 0.1) is 0 Å². The summed E-state index contributed by atoms with van der Waals surface area (Å²) < 4.78 is 24.2. The number of sulfone groups is 1. The fourth-order valence-corrected chi connectivity index (χ4v) is 3.81. The zero-order valence-electron chi connectivity index (χ0n) is 11.0. The van der Waals surface area contributed by atoms with Crippen molar-refractivity contribution >= 4 is 27.4 Å². The zero-order chi connectivity index (χ0) is 15.5. The van der Waals surface area contributed by atoms with Crippen molar-refractivity contribution in [3.8, 4) is 0 Å². The second kappa shape index (κ2) is 5.96. The van der Waals surface area contributed by atoms with E-state index in [1.165, 1.54) is 24.3 Å². The first-order valence-electron chi connectivity index (χ1n) is 5.70. The third-order valence-electron chi connectivity index (χ3n) is 2.70. The van der Waals surface area contributed by atoms with E-state index < -0.39 is 38.4 Å². The lowest BCUT2D eigenvalue weighted by atomic mass is 10.1. The van der Waals surface area contributed by atoms with Gasteiger partial charge in [0.05, 0.1) is 11.3 Å². The molecule has 1 aromatic carbocycles. The number of Topliss-reactive ketones (excluding diaryl/α,β-unsaturated/α-hetero) is 2. The average Bonchev–Trinajstić information content (AvgIpc) is 2.26. The van der Waals surface area contributed by atoms with Crippen LogP contribution in [-0.4, -0.2) is 36.3 Å². The second-order valence-corrected chi connectivity index (χ2v) is 6.46. The number of hydrogen-bond acceptors (Lipinski definition) is 5. The molecule has 20 heavy (non-hydrogen) atoms. The molecule has 0 heterocycles. The Labute approximate surface area is 116 Å². The van der Waals surface area contributed by atoms with Crippen LogP contribution in [0.5, 0.6) is 0 Å². The van der Waals surface area contributed by atoms with Crippen LogP contribution in [0.1, 0.15) is 29.8 Å². The molecule has 0 fully saturated rings. The third kappa shape index (κ3) is 3.51. The standard InChI is InChI=1S/C13H14O6S/c1-8(14)12(9(2)15)20(18,19)7-10-5-3-4-6-11(10)13(16)17/h3-6,12H,7H2,1-2H3,(H,16,17). The van der Waals surface area contributed by atoms with Gasteiger partial charge in [-0.1, -0.05) is 18.2 Å². The van der Waals surface area contributed by atoms with Gasteiger partial charge in [-0.05, 0) is 25.5 Å². The van der Waals surface area contributed by atoms with E-state index in [0.29, 0.717) is 0 Å². The summed E-state index contributed by atoms with van der Waals surface area (Å²) in [5.74, 6) is -3.48. The Bertz CT molecular complexity index is 645. The summed E-state index contributed by atoms with van der Waals surface area (Å²) >= 11 is 0. The Balaban J connectivity index is 3.24. The van der Waals surface area contributed by atoms with Gasteiger partial charge in [-0.15, -0.1) is 0 Å². The Morgan fingerprint density at radius 1 is 1.10 bits per heavy atom. The van der Waals surface area contributed by atoms with Crippen molar-refractivity contribution < 1.29 is 27.9 Å². The summed E-state index contributed by atoms with van der Waals surface area (Å²) in [7, 11) is -4.09. The molecule has 0 unspecified atom stereocenters. The maximum Gasteiger partial charge on any atom is 0.335 e. The normalized spacial score (nSPS) is 11.3. The molecule has 1 aromatic rings. The summed E-state index contributed by atoms with van der Waals surface area (Å²) in [6.07, 6.45) is 0. The molecule has 0 saturated carbocycles. The molecule has 0 atom stereocenters. The minimum Gasteiger partial charge on any atom is -0.478 e. The number of rotatable bonds is 6. The molecule has 1 rings (SSSR count). The van der Waals surface area contributed by atoms with E-state index in [-0.39, 0.29) is 11.1 Å². The van der Waals surface area contributed by atoms with Crippen LogP contribution >= 0.6 is 0 Å². The number of carboxylic acid groups (broad SMARTS) is 1. The lowest BCUT2D eigenvalue weighted by Gasteiger charge is -2.13. The van der Waals surface area contributed by atoms with Crippen molar-refractivity contribution in [2.24, 2.45) is 0 Å². The number of benzene rings is 1. The van der Waals surface area contributed by atoms with E-state index in [9.17, 15) is 22.8 Å². The van der Waals surface area contributed by atoms with Crippen molar-refractivity contribution in [3.05, 3.63) is 35.4 Å². The predicted molar refractivity (Wildman–Crippen MR) is 71.2 cm³/mol. The summed E-state index contributed by atoms with van der Waals surface area (Å²) in [6, 6.07) is 5.57. The fraction of sp³-hybridized carbons (Fsp3) is 0.308. The lowest BCUT2D eigenvalue weighted by molar-refractivity contribution is -0.124. The molecule has 0 aliphatic heterocycles. The maximum absolute atomic E-state index is 12.1. The maximum atomic E-state index is 12.1. The molecular formula is C13H14O6S. The highest BCUT2D eigenvalue weighted by atomic mass is 32.2. The monoisotopic (exact) mass is 298 g/mol. The molecule has 0 bridgehead atoms. The Hall–Kier alpha value is -2.02. The molecular weight excluding hydrogens is 284 g/mol. The van der Waals surface area contributed by atoms with Crippen LogP contribution in [0.3, 0.4) is 0 Å². The van der Waals surface area contributed by atoms with Gasteiger partial charge < -0.3 is 5.11 Å². The molecule has 108 valence electrons. The molecule has 0 amide bonds. The highest BCUT2D eigenvalue weighted by Gasteiger charge is 2.34. The quantitative estimate of drug-likeness (QED) is 0.780. The lowest BCUT2D eigenvalue weighted by Crippen LogP contribution is -2.36. The van der Waals surface area contributed by atoms with Gasteiger partial charge in [0.15, 0.2) is 26.7 Å². The molecule has 7 heteroatoms. The van der Waals surface area contributed by atoms with Crippen LogP contribution in [0.4, 0.5) is 0 Å². The topological polar surface area (TPSA) is 106 Å². The molecule has 0 aromatic heterocycles. The van der Waals surface area contributed by atoms with Gasteiger partial charge in [-0.3, -0.25) is 9.59 Å². The van der Waals surface area contributed by atoms with Gasteiger partial charge in [-0.2, -0.15) is 0 Å². The Kier molecular flexibility index (Phi) is 4.78. The summed E-state index contributed by atoms with van der Waals surface area (Å²) in [5, 5.41) is 7.24. The molecule has 1 N–H and O–H groups in total. The Morgan fingerprint density at radius 2 is 1.60 bits per heavy atom. The van der Waals surface area contributed by atoms with E-state index in [4.69, 9.17) is 5.11 Å². The van der Waals surface area contributed by atoms with Gasteiger partial charge >= 0.3 is 5.97 Å². The molecule has 0 aliphatic rings. The molecule has 0 spiro atoms. The molecule has 0 saturated heterocycles. The minimum atomic E-state index is -4.09. The fourth-order valence-electron chi connectivity index (χ4n) is 1.95. The van der Waals surface area contributed by atoms with E-state index in [2.05, 4.69) is 0 Å². The third-order valence-corrected chi connectivity index (χ3v) is 4.80. The number of carboxylic acids is 1. The van der Waals surface area contributed by atoms with Crippen molar-refractivity contribution in [3.63, 3.8) is 0 Å². The number of aromatic carboxylic acids is 1. The number of carbonyl (C=O) groups excluding carboxylic acids is 2. The largest absolute Gasteiger partial charge is 0.478 e. The minimum absolute atomic E-state index is 0.0486. The van der Waals surface area contributed by atoms with Crippen LogP contribution < -0.4 is 0 Å². The number of hydrogen-bond donors (Lipinski definition) is 1. The van der Waals surface area contributed by atoms with Crippen molar-refractivity contribution in [1.29, 1.82) is 0 Å². The molecule has 0 aliphatic carbocycles. The van der Waals surface area contributed by atoms with Crippen LogP contribution in [-0.2, 0) is 25.2 Å². The van der Waals surface area contributed by atoms with Gasteiger partial charge in [0, 0.05) is 0 Å². The summed E-state index contributed by atoms with van der Waals surface area (Å²) in [4.78, 5) is 33.7. The van der Waals surface area contributed by atoms with Gasteiger partial charge in [0.25, 0.3) is 0 Å². The number of ketones is 2. The van der Waals surface area contributed by atoms with E-state index in [1.54, 1.807) is 0 Å². The van der Waals surface area contributed by atoms with E-state index in [1.807, 2.05) is 0 Å². The van der Waals surface area contributed by atoms with Crippen molar-refractivity contribution in [2.75, 3.05) is 0 Å². The molecule has 0 radical (unpaired) electrons. The Morgan fingerprint density at radius 3 is 2.05 bits per heavy atom. The average molecular weight is 298 g/mol. The van der Waals surface area contributed by atoms with E-state index >= 15 is 0 Å². The first kappa shape index (κ1) is 16.0. The summed E-state index contributed by atoms with van der Waals surface area (Å²) in [5.41, 5.74) is -0.116. The first-order chi connectivity index (χ1) is 9.16. The van der Waals surface area contributed by atoms with Crippen LogP contribution in [0.25, 0.3) is 0 Å². The SMILES string of the molecule is CC(=O)C(C(C)=O)S(=O)(=O)Cc1ccccc1C(=O)O. The van der Waals surface area contributed by atoms with Gasteiger partial charge in [-0.25, -0.2) is 13.2 Å². The first-order valence-corrected chi connectivity index (χ1v) is 7.42. The highest BCUT2D eigenvalue weighted by molar-refractivity contribution is 7.92. The van der Waals surface area contributed by atoms with Gasteiger partial charge in [0.2, 0.25) is 0 Å². The second-order valence-electron chi connectivity index (χ2n) is 4.37. The zero-order valence-corrected chi connectivity index (χ0v) is 11.8.